The zero-order chi connectivity index (χ0) is 7.56. The third kappa shape index (κ3) is 1.81. The highest BCUT2D eigenvalue weighted by atomic mass is 16.5. The van der Waals surface area contributed by atoms with Crippen LogP contribution in [0.25, 0.3) is 0 Å². The van der Waals surface area contributed by atoms with E-state index in [9.17, 15) is 0 Å². The molecule has 2 atom stereocenters. The first-order valence-electron chi connectivity index (χ1n) is 3.91. The first-order valence-corrected chi connectivity index (χ1v) is 3.91. The second-order valence-corrected chi connectivity index (χ2v) is 2.83. The fourth-order valence-corrected chi connectivity index (χ4v) is 1.29. The van der Waals surface area contributed by atoms with Crippen LogP contribution >= 0.6 is 0 Å². The maximum atomic E-state index is 5.52. The van der Waals surface area contributed by atoms with Gasteiger partial charge >= 0.3 is 0 Å². The molecule has 1 rings (SSSR count). The highest BCUT2D eigenvalue weighted by molar-refractivity contribution is 5.82. The van der Waals surface area contributed by atoms with E-state index < -0.39 is 0 Å². The standard InChI is InChI=1S/C8H15NO/c1-4-8-5-6(2)9-7(3)10-8/h7-8H,4-5H2,1-3H3. The van der Waals surface area contributed by atoms with Crippen LogP contribution in [0, 0.1) is 0 Å². The van der Waals surface area contributed by atoms with Gasteiger partial charge in [0.05, 0.1) is 6.10 Å². The van der Waals surface area contributed by atoms with Gasteiger partial charge in [-0.1, -0.05) is 6.92 Å². The van der Waals surface area contributed by atoms with E-state index >= 15 is 0 Å². The molecule has 0 bridgehead atoms. The molecule has 10 heavy (non-hydrogen) atoms. The van der Waals surface area contributed by atoms with Crippen LogP contribution in [-0.4, -0.2) is 18.0 Å². The fourth-order valence-electron chi connectivity index (χ4n) is 1.29. The lowest BCUT2D eigenvalue weighted by Crippen LogP contribution is -2.26. The maximum Gasteiger partial charge on any atom is 0.145 e. The van der Waals surface area contributed by atoms with Crippen molar-refractivity contribution < 1.29 is 4.74 Å². The average Bonchev–Trinajstić information content (AvgIpc) is 1.85. The Hall–Kier alpha value is -0.370. The van der Waals surface area contributed by atoms with E-state index in [1.165, 1.54) is 5.71 Å². The molecule has 2 heteroatoms. The molecule has 0 aliphatic carbocycles. The van der Waals surface area contributed by atoms with Crippen molar-refractivity contribution in [3.63, 3.8) is 0 Å². The van der Waals surface area contributed by atoms with E-state index in [2.05, 4.69) is 18.8 Å². The van der Waals surface area contributed by atoms with Gasteiger partial charge in [0.25, 0.3) is 0 Å². The molecule has 0 spiro atoms. The van der Waals surface area contributed by atoms with Crippen molar-refractivity contribution in [2.24, 2.45) is 4.99 Å². The number of hydrogen-bond acceptors (Lipinski definition) is 2. The predicted molar refractivity (Wildman–Crippen MR) is 42.4 cm³/mol. The van der Waals surface area contributed by atoms with Crippen LogP contribution in [0.5, 0.6) is 0 Å². The van der Waals surface area contributed by atoms with Gasteiger partial charge in [-0.3, -0.25) is 4.99 Å². The SMILES string of the molecule is CCC1CC(C)=NC(C)O1. The summed E-state index contributed by atoms with van der Waals surface area (Å²) >= 11 is 0. The number of ether oxygens (including phenoxy) is 1. The van der Waals surface area contributed by atoms with Gasteiger partial charge in [0.1, 0.15) is 6.23 Å². The topological polar surface area (TPSA) is 21.6 Å². The Morgan fingerprint density at radius 2 is 2.40 bits per heavy atom. The molecule has 0 aromatic heterocycles. The van der Waals surface area contributed by atoms with Crippen molar-refractivity contribution in [1.82, 2.24) is 0 Å². The molecule has 0 N–H and O–H groups in total. The molecule has 0 saturated carbocycles. The molecule has 58 valence electrons. The molecule has 0 amide bonds. The van der Waals surface area contributed by atoms with E-state index in [-0.39, 0.29) is 6.23 Å². The van der Waals surface area contributed by atoms with Crippen molar-refractivity contribution >= 4 is 5.71 Å². The molecule has 1 aliphatic rings. The fraction of sp³-hybridized carbons (Fsp3) is 0.875. The summed E-state index contributed by atoms with van der Waals surface area (Å²) in [6, 6.07) is 0. The zero-order valence-corrected chi connectivity index (χ0v) is 6.92. The minimum absolute atomic E-state index is 0.0821. The molecule has 1 aliphatic heterocycles. The molecule has 0 fully saturated rings. The second-order valence-electron chi connectivity index (χ2n) is 2.83. The lowest BCUT2D eigenvalue weighted by molar-refractivity contribution is -0.00397. The Bertz CT molecular complexity index is 142. The highest BCUT2D eigenvalue weighted by Crippen LogP contribution is 2.14. The van der Waals surface area contributed by atoms with Crippen molar-refractivity contribution in [3.05, 3.63) is 0 Å². The van der Waals surface area contributed by atoms with Crippen LogP contribution in [-0.2, 0) is 4.74 Å². The van der Waals surface area contributed by atoms with Gasteiger partial charge in [-0.05, 0) is 20.3 Å². The highest BCUT2D eigenvalue weighted by Gasteiger charge is 2.16. The summed E-state index contributed by atoms with van der Waals surface area (Å²) in [5.41, 5.74) is 1.23. The van der Waals surface area contributed by atoms with Crippen LogP contribution in [0.15, 0.2) is 4.99 Å². The van der Waals surface area contributed by atoms with Crippen molar-refractivity contribution in [2.75, 3.05) is 0 Å². The van der Waals surface area contributed by atoms with E-state index in [1.807, 2.05) is 6.92 Å². The van der Waals surface area contributed by atoms with E-state index in [1.54, 1.807) is 0 Å². The number of nitrogens with zero attached hydrogens (tertiary/aromatic N) is 1. The van der Waals surface area contributed by atoms with Crippen LogP contribution < -0.4 is 0 Å². The van der Waals surface area contributed by atoms with Crippen molar-refractivity contribution in [3.8, 4) is 0 Å². The van der Waals surface area contributed by atoms with Crippen molar-refractivity contribution in [1.29, 1.82) is 0 Å². The van der Waals surface area contributed by atoms with Gasteiger partial charge < -0.3 is 4.74 Å². The normalized spacial score (nSPS) is 33.7. The molecule has 0 aromatic carbocycles. The number of rotatable bonds is 1. The van der Waals surface area contributed by atoms with E-state index in [0.29, 0.717) is 6.10 Å². The van der Waals surface area contributed by atoms with E-state index in [0.717, 1.165) is 12.8 Å². The van der Waals surface area contributed by atoms with Gasteiger partial charge in [0.2, 0.25) is 0 Å². The minimum atomic E-state index is 0.0821. The summed E-state index contributed by atoms with van der Waals surface area (Å²) in [7, 11) is 0. The molecular formula is C8H15NO. The Balaban J connectivity index is 2.52. The largest absolute Gasteiger partial charge is 0.353 e. The summed E-state index contributed by atoms with van der Waals surface area (Å²) < 4.78 is 5.52. The molecule has 1 heterocycles. The third-order valence-corrected chi connectivity index (χ3v) is 1.77. The van der Waals surface area contributed by atoms with E-state index in [4.69, 9.17) is 4.74 Å². The number of hydrogen-bond donors (Lipinski definition) is 0. The Morgan fingerprint density at radius 1 is 1.70 bits per heavy atom. The summed E-state index contributed by atoms with van der Waals surface area (Å²) in [6.45, 7) is 6.21. The van der Waals surface area contributed by atoms with Gasteiger partial charge in [-0.2, -0.15) is 0 Å². The lowest BCUT2D eigenvalue weighted by Gasteiger charge is -2.24. The molecule has 0 radical (unpaired) electrons. The molecular weight excluding hydrogens is 126 g/mol. The molecule has 0 aromatic rings. The van der Waals surface area contributed by atoms with Gasteiger partial charge in [-0.15, -0.1) is 0 Å². The smallest absolute Gasteiger partial charge is 0.145 e. The summed E-state index contributed by atoms with van der Waals surface area (Å²) in [5, 5.41) is 0. The predicted octanol–water partition coefficient (Wildman–Crippen LogP) is 1.99. The first-order chi connectivity index (χ1) is 4.72. The maximum absolute atomic E-state index is 5.52. The summed E-state index contributed by atoms with van der Waals surface area (Å²) in [6.07, 6.45) is 2.60. The molecule has 2 unspecified atom stereocenters. The van der Waals surface area contributed by atoms with Crippen LogP contribution in [0.4, 0.5) is 0 Å². The van der Waals surface area contributed by atoms with Crippen LogP contribution in [0.3, 0.4) is 0 Å². The Kier molecular flexibility index (Phi) is 2.44. The van der Waals surface area contributed by atoms with Gasteiger partial charge in [0, 0.05) is 12.1 Å². The van der Waals surface area contributed by atoms with Crippen LogP contribution in [0.1, 0.15) is 33.6 Å². The Labute approximate surface area is 62.3 Å². The minimum Gasteiger partial charge on any atom is -0.353 e. The third-order valence-electron chi connectivity index (χ3n) is 1.77. The summed E-state index contributed by atoms with van der Waals surface area (Å²) in [4.78, 5) is 4.28. The Morgan fingerprint density at radius 3 is 2.90 bits per heavy atom. The second kappa shape index (κ2) is 3.15. The quantitative estimate of drug-likeness (QED) is 0.547. The zero-order valence-electron chi connectivity index (χ0n) is 6.92. The van der Waals surface area contributed by atoms with Gasteiger partial charge in [-0.25, -0.2) is 0 Å². The van der Waals surface area contributed by atoms with Crippen LogP contribution in [0.2, 0.25) is 0 Å². The molecule has 0 saturated heterocycles. The summed E-state index contributed by atoms with van der Waals surface area (Å²) in [5.74, 6) is 0. The van der Waals surface area contributed by atoms with Crippen molar-refractivity contribution in [2.45, 2.75) is 45.9 Å². The number of aliphatic imine (C=N–C) groups is 1. The monoisotopic (exact) mass is 141 g/mol. The van der Waals surface area contributed by atoms with Gasteiger partial charge in [0.15, 0.2) is 0 Å². The lowest BCUT2D eigenvalue weighted by atomic mass is 10.1. The first kappa shape index (κ1) is 7.73. The average molecular weight is 141 g/mol. The molecule has 2 nitrogen and oxygen atoms in total.